The third kappa shape index (κ3) is 4.24. The Bertz CT molecular complexity index is 1020. The van der Waals surface area contributed by atoms with Gasteiger partial charge in [0.15, 0.2) is 0 Å². The zero-order chi connectivity index (χ0) is 22.1. The van der Waals surface area contributed by atoms with Crippen molar-refractivity contribution < 1.29 is 23.1 Å². The Labute approximate surface area is 184 Å². The van der Waals surface area contributed by atoms with Crippen LogP contribution in [-0.4, -0.2) is 43.5 Å². The highest BCUT2D eigenvalue weighted by molar-refractivity contribution is 6.31. The standard InChI is InChI=1S/C23H23ClF2N2O3/c1-31-20-5-4-16(24)12-18(20)23(30)27-9-6-14(7-10-27)22(29)28-8-2-3-15-11-17(25)13-19(26)21(15)28/h4-5,11-14H,2-3,6-10H2,1H3. The molecule has 0 atom stereocenters. The summed E-state index contributed by atoms with van der Waals surface area (Å²) in [7, 11) is 1.49. The first-order valence-electron chi connectivity index (χ1n) is 10.3. The van der Waals surface area contributed by atoms with Gasteiger partial charge in [0.2, 0.25) is 5.91 Å². The van der Waals surface area contributed by atoms with Gasteiger partial charge >= 0.3 is 0 Å². The number of fused-ring (bicyclic) bond motifs is 1. The zero-order valence-corrected chi connectivity index (χ0v) is 17.9. The second-order valence-corrected chi connectivity index (χ2v) is 8.34. The molecule has 4 rings (SSSR count). The summed E-state index contributed by atoms with van der Waals surface area (Å²) in [5.41, 5.74) is 1.10. The van der Waals surface area contributed by atoms with E-state index in [0.717, 1.165) is 6.07 Å². The minimum atomic E-state index is -0.705. The molecule has 0 aromatic heterocycles. The van der Waals surface area contributed by atoms with Gasteiger partial charge in [0, 0.05) is 36.6 Å². The van der Waals surface area contributed by atoms with Crippen molar-refractivity contribution in [2.45, 2.75) is 25.7 Å². The van der Waals surface area contributed by atoms with Crippen LogP contribution < -0.4 is 9.64 Å². The van der Waals surface area contributed by atoms with Crippen LogP contribution in [0.5, 0.6) is 5.75 Å². The number of ether oxygens (including phenoxy) is 1. The molecule has 0 radical (unpaired) electrons. The number of aryl methyl sites for hydroxylation is 1. The highest BCUT2D eigenvalue weighted by Crippen LogP contribution is 2.34. The Morgan fingerprint density at radius 1 is 1.10 bits per heavy atom. The molecule has 0 N–H and O–H groups in total. The fraction of sp³-hybridized carbons (Fsp3) is 0.391. The number of likely N-dealkylation sites (tertiary alicyclic amines) is 1. The Balaban J connectivity index is 1.46. The largest absolute Gasteiger partial charge is 0.496 e. The number of hydrogen-bond acceptors (Lipinski definition) is 3. The van der Waals surface area contributed by atoms with Crippen LogP contribution in [0.1, 0.15) is 35.2 Å². The summed E-state index contributed by atoms with van der Waals surface area (Å²) in [5, 5.41) is 0.441. The van der Waals surface area contributed by atoms with Crippen molar-refractivity contribution in [3.8, 4) is 5.75 Å². The number of anilines is 1. The molecule has 31 heavy (non-hydrogen) atoms. The van der Waals surface area contributed by atoms with E-state index in [1.54, 1.807) is 23.1 Å². The molecular formula is C23H23ClF2N2O3. The molecule has 0 unspecified atom stereocenters. The smallest absolute Gasteiger partial charge is 0.257 e. The van der Waals surface area contributed by atoms with Gasteiger partial charge in [-0.25, -0.2) is 8.78 Å². The summed E-state index contributed by atoms with van der Waals surface area (Å²) in [6.45, 7) is 1.21. The number of hydrogen-bond donors (Lipinski definition) is 0. The van der Waals surface area contributed by atoms with Crippen molar-refractivity contribution in [3.05, 3.63) is 58.1 Å². The van der Waals surface area contributed by atoms with Gasteiger partial charge in [-0.15, -0.1) is 0 Å². The lowest BCUT2D eigenvalue weighted by Gasteiger charge is -2.36. The fourth-order valence-corrected chi connectivity index (χ4v) is 4.61. The summed E-state index contributed by atoms with van der Waals surface area (Å²) in [6, 6.07) is 7.01. The number of methoxy groups -OCH3 is 1. The summed E-state index contributed by atoms with van der Waals surface area (Å²) in [6.07, 6.45) is 2.15. The van der Waals surface area contributed by atoms with Crippen molar-refractivity contribution in [1.82, 2.24) is 4.90 Å². The lowest BCUT2D eigenvalue weighted by Crippen LogP contribution is -2.46. The molecule has 2 aliphatic rings. The molecule has 2 aliphatic heterocycles. The van der Waals surface area contributed by atoms with E-state index in [4.69, 9.17) is 16.3 Å². The Kier molecular flexibility index (Phi) is 6.14. The maximum Gasteiger partial charge on any atom is 0.257 e. The highest BCUT2D eigenvalue weighted by Gasteiger charge is 2.34. The minimum absolute atomic E-state index is 0.168. The van der Waals surface area contributed by atoms with Crippen LogP contribution in [0.25, 0.3) is 0 Å². The SMILES string of the molecule is COc1ccc(Cl)cc1C(=O)N1CCC(C(=O)N2CCCc3cc(F)cc(F)c32)CC1. The second-order valence-electron chi connectivity index (χ2n) is 7.90. The molecule has 2 aromatic carbocycles. The molecule has 0 saturated carbocycles. The first kappa shape index (κ1) is 21.6. The van der Waals surface area contributed by atoms with Gasteiger partial charge in [0.05, 0.1) is 18.4 Å². The topological polar surface area (TPSA) is 49.9 Å². The van der Waals surface area contributed by atoms with Crippen LogP contribution in [0, 0.1) is 17.6 Å². The molecule has 8 heteroatoms. The fourth-order valence-electron chi connectivity index (χ4n) is 4.44. The van der Waals surface area contributed by atoms with E-state index in [1.807, 2.05) is 0 Å². The molecule has 1 saturated heterocycles. The van der Waals surface area contributed by atoms with Gasteiger partial charge in [-0.2, -0.15) is 0 Å². The molecule has 164 valence electrons. The van der Waals surface area contributed by atoms with Crippen molar-refractivity contribution >= 4 is 29.1 Å². The van der Waals surface area contributed by atoms with Crippen LogP contribution in [0.3, 0.4) is 0 Å². The van der Waals surface area contributed by atoms with Crippen molar-refractivity contribution in [1.29, 1.82) is 0 Å². The number of piperidine rings is 1. The van der Waals surface area contributed by atoms with Gasteiger partial charge in [-0.1, -0.05) is 11.6 Å². The molecule has 2 amide bonds. The number of nitrogens with zero attached hydrogens (tertiary/aromatic N) is 2. The number of amides is 2. The van der Waals surface area contributed by atoms with Crippen molar-refractivity contribution in [3.63, 3.8) is 0 Å². The molecule has 2 heterocycles. The lowest BCUT2D eigenvalue weighted by molar-refractivity contribution is -0.123. The van der Waals surface area contributed by atoms with E-state index in [9.17, 15) is 18.4 Å². The molecule has 0 spiro atoms. The quantitative estimate of drug-likeness (QED) is 0.696. The van der Waals surface area contributed by atoms with E-state index < -0.39 is 11.6 Å². The van der Waals surface area contributed by atoms with E-state index in [-0.39, 0.29) is 23.4 Å². The average Bonchev–Trinajstić information content (AvgIpc) is 2.77. The van der Waals surface area contributed by atoms with E-state index in [0.29, 0.717) is 67.2 Å². The van der Waals surface area contributed by atoms with Crippen molar-refractivity contribution in [2.24, 2.45) is 5.92 Å². The van der Waals surface area contributed by atoms with Gasteiger partial charge in [0.25, 0.3) is 5.91 Å². The summed E-state index contributed by atoms with van der Waals surface area (Å²) >= 11 is 6.04. The zero-order valence-electron chi connectivity index (χ0n) is 17.2. The van der Waals surface area contributed by atoms with Crippen LogP contribution in [0.2, 0.25) is 5.02 Å². The Morgan fingerprint density at radius 2 is 1.84 bits per heavy atom. The maximum atomic E-state index is 14.5. The number of carbonyl (C=O) groups is 2. The van der Waals surface area contributed by atoms with E-state index in [1.165, 1.54) is 18.1 Å². The molecule has 5 nitrogen and oxygen atoms in total. The van der Waals surface area contributed by atoms with E-state index >= 15 is 0 Å². The van der Waals surface area contributed by atoms with Crippen LogP contribution >= 0.6 is 11.6 Å². The number of rotatable bonds is 3. The monoisotopic (exact) mass is 448 g/mol. The lowest BCUT2D eigenvalue weighted by atomic mass is 9.92. The van der Waals surface area contributed by atoms with E-state index in [2.05, 4.69) is 0 Å². The predicted octanol–water partition coefficient (Wildman–Crippen LogP) is 4.46. The number of carbonyl (C=O) groups excluding carboxylic acids is 2. The molecule has 1 fully saturated rings. The predicted molar refractivity (Wildman–Crippen MR) is 114 cm³/mol. The molecule has 0 bridgehead atoms. The second kappa shape index (κ2) is 8.83. The first-order valence-corrected chi connectivity index (χ1v) is 10.7. The van der Waals surface area contributed by atoms with Gasteiger partial charge < -0.3 is 14.5 Å². The maximum absolute atomic E-state index is 14.5. The van der Waals surface area contributed by atoms with Crippen LogP contribution in [0.4, 0.5) is 14.5 Å². The third-order valence-corrected chi connectivity index (χ3v) is 6.23. The Morgan fingerprint density at radius 3 is 2.55 bits per heavy atom. The van der Waals surface area contributed by atoms with Crippen LogP contribution in [-0.2, 0) is 11.2 Å². The third-order valence-electron chi connectivity index (χ3n) is 5.99. The molecule has 2 aromatic rings. The van der Waals surface area contributed by atoms with Gasteiger partial charge in [-0.3, -0.25) is 9.59 Å². The summed E-state index contributed by atoms with van der Waals surface area (Å²) in [5.74, 6) is -1.58. The first-order chi connectivity index (χ1) is 14.9. The number of benzene rings is 2. The average molecular weight is 449 g/mol. The molecular weight excluding hydrogens is 426 g/mol. The van der Waals surface area contributed by atoms with Crippen LogP contribution in [0.15, 0.2) is 30.3 Å². The van der Waals surface area contributed by atoms with Gasteiger partial charge in [-0.05, 0) is 55.5 Å². The van der Waals surface area contributed by atoms with Gasteiger partial charge in [0.1, 0.15) is 17.4 Å². The summed E-state index contributed by atoms with van der Waals surface area (Å²) < 4.78 is 33.3. The highest BCUT2D eigenvalue weighted by atomic mass is 35.5. The Hall–Kier alpha value is -2.67. The summed E-state index contributed by atoms with van der Waals surface area (Å²) in [4.78, 5) is 29.3. The normalized spacial score (nSPS) is 16.8. The molecule has 0 aliphatic carbocycles. The number of halogens is 3. The van der Waals surface area contributed by atoms with Crippen molar-refractivity contribution in [2.75, 3.05) is 31.6 Å². The minimum Gasteiger partial charge on any atom is -0.496 e.